The number of likely N-dealkylation sites (N-methyl/N-ethyl adjacent to an activating group) is 1. The summed E-state index contributed by atoms with van der Waals surface area (Å²) in [5.41, 5.74) is 2.16. The van der Waals surface area contributed by atoms with Crippen LogP contribution in [0.15, 0.2) is 30.6 Å². The maximum Gasteiger partial charge on any atom is 0.137 e. The van der Waals surface area contributed by atoms with Crippen LogP contribution in [0.4, 0.5) is 0 Å². The number of ether oxygens (including phenoxy) is 1. The van der Waals surface area contributed by atoms with Crippen LogP contribution in [0.1, 0.15) is 18.5 Å². The molecule has 0 atom stereocenters. The van der Waals surface area contributed by atoms with E-state index in [0.717, 1.165) is 76.5 Å². The molecule has 2 aliphatic rings. The third kappa shape index (κ3) is 5.33. The quantitative estimate of drug-likeness (QED) is 0.735. The van der Waals surface area contributed by atoms with E-state index in [9.17, 15) is 0 Å². The summed E-state index contributed by atoms with van der Waals surface area (Å²) >= 11 is 0. The summed E-state index contributed by atoms with van der Waals surface area (Å²) in [5.74, 6) is 6.48. The average Bonchev–Trinajstić information content (AvgIpc) is 3.13. The summed E-state index contributed by atoms with van der Waals surface area (Å²) in [4.78, 5) is 12.0. The van der Waals surface area contributed by atoms with E-state index < -0.39 is 0 Å². The Hall–Kier alpha value is -1.91. The second-order valence-corrected chi connectivity index (χ2v) is 7.92. The minimum atomic E-state index is 0.343. The molecule has 28 heavy (non-hydrogen) atoms. The Labute approximate surface area is 168 Å². The van der Waals surface area contributed by atoms with E-state index in [2.05, 4.69) is 50.4 Å². The van der Waals surface area contributed by atoms with E-state index in [-0.39, 0.29) is 0 Å². The highest BCUT2D eigenvalue weighted by molar-refractivity contribution is 5.39. The van der Waals surface area contributed by atoms with Gasteiger partial charge in [-0.3, -0.25) is 9.80 Å². The van der Waals surface area contributed by atoms with E-state index in [1.54, 1.807) is 0 Å². The van der Waals surface area contributed by atoms with Crippen molar-refractivity contribution < 1.29 is 4.74 Å². The summed E-state index contributed by atoms with van der Waals surface area (Å²) in [6, 6.07) is 6.12. The van der Waals surface area contributed by atoms with Crippen LogP contribution in [0.5, 0.6) is 0 Å². The Morgan fingerprint density at radius 1 is 1.04 bits per heavy atom. The lowest BCUT2D eigenvalue weighted by molar-refractivity contribution is 0.0223. The molecular formula is C22H31N5O. The van der Waals surface area contributed by atoms with Crippen LogP contribution in [0.2, 0.25) is 0 Å². The largest absolute Gasteiger partial charge is 0.365 e. The first-order valence-electron chi connectivity index (χ1n) is 10.4. The van der Waals surface area contributed by atoms with Crippen LogP contribution >= 0.6 is 0 Å². The minimum Gasteiger partial charge on any atom is -0.365 e. The molecule has 2 aromatic heterocycles. The molecule has 4 heterocycles. The Bertz CT molecular complexity index is 774. The first kappa shape index (κ1) is 19.4. The van der Waals surface area contributed by atoms with Crippen molar-refractivity contribution in [1.82, 2.24) is 24.1 Å². The molecule has 2 saturated heterocycles. The number of hydrogen-bond donors (Lipinski definition) is 0. The Balaban J connectivity index is 1.13. The molecule has 0 aliphatic carbocycles. The Morgan fingerprint density at radius 2 is 1.86 bits per heavy atom. The maximum atomic E-state index is 5.99. The lowest BCUT2D eigenvalue weighted by Crippen LogP contribution is -2.44. The number of piperidine rings is 1. The lowest BCUT2D eigenvalue weighted by Gasteiger charge is -2.31. The van der Waals surface area contributed by atoms with Crippen molar-refractivity contribution in [1.29, 1.82) is 0 Å². The summed E-state index contributed by atoms with van der Waals surface area (Å²) < 4.78 is 8.08. The second kappa shape index (κ2) is 9.53. The molecule has 0 unspecified atom stereocenters. The van der Waals surface area contributed by atoms with E-state index in [4.69, 9.17) is 9.72 Å². The van der Waals surface area contributed by atoms with Gasteiger partial charge in [-0.2, -0.15) is 0 Å². The first-order chi connectivity index (χ1) is 13.8. The van der Waals surface area contributed by atoms with Gasteiger partial charge in [0.15, 0.2) is 0 Å². The zero-order valence-corrected chi connectivity index (χ0v) is 16.9. The van der Waals surface area contributed by atoms with Crippen LogP contribution in [-0.2, 0) is 11.3 Å². The van der Waals surface area contributed by atoms with Gasteiger partial charge in [-0.25, -0.2) is 4.98 Å². The van der Waals surface area contributed by atoms with Crippen LogP contribution < -0.4 is 0 Å². The molecule has 0 N–H and O–H groups in total. The van der Waals surface area contributed by atoms with Crippen molar-refractivity contribution in [3.8, 4) is 11.8 Å². The number of pyridine rings is 1. The zero-order valence-electron chi connectivity index (χ0n) is 16.9. The topological polar surface area (TPSA) is 36.2 Å². The lowest BCUT2D eigenvalue weighted by atomic mass is 10.1. The molecule has 0 aromatic carbocycles. The van der Waals surface area contributed by atoms with Gasteiger partial charge in [0.05, 0.1) is 18.3 Å². The summed E-state index contributed by atoms with van der Waals surface area (Å²) in [6.45, 7) is 9.00. The number of nitrogens with zero attached hydrogens (tertiary/aromatic N) is 5. The molecule has 6 heteroatoms. The number of imidazole rings is 1. The highest BCUT2D eigenvalue weighted by Gasteiger charge is 2.20. The molecule has 0 saturated carbocycles. The van der Waals surface area contributed by atoms with Gasteiger partial charge >= 0.3 is 0 Å². The van der Waals surface area contributed by atoms with Gasteiger partial charge in [-0.05, 0) is 32.0 Å². The maximum absolute atomic E-state index is 5.99. The third-order valence-corrected chi connectivity index (χ3v) is 5.75. The number of rotatable bonds is 5. The first-order valence-corrected chi connectivity index (χ1v) is 10.4. The number of aromatic nitrogens is 2. The Kier molecular flexibility index (Phi) is 6.61. The van der Waals surface area contributed by atoms with Gasteiger partial charge in [-0.1, -0.05) is 17.9 Å². The number of hydrogen-bond acceptors (Lipinski definition) is 5. The number of likely N-dealkylation sites (tertiary alicyclic amines) is 1. The molecule has 2 aliphatic heterocycles. The fourth-order valence-corrected chi connectivity index (χ4v) is 3.91. The van der Waals surface area contributed by atoms with E-state index in [0.29, 0.717) is 12.7 Å². The van der Waals surface area contributed by atoms with Crippen LogP contribution in [0.25, 0.3) is 5.65 Å². The predicted octanol–water partition coefficient (Wildman–Crippen LogP) is 1.57. The molecule has 0 radical (unpaired) electrons. The van der Waals surface area contributed by atoms with Crippen molar-refractivity contribution in [2.45, 2.75) is 25.5 Å². The second-order valence-electron chi connectivity index (χ2n) is 7.92. The van der Waals surface area contributed by atoms with E-state index >= 15 is 0 Å². The number of piperazine rings is 1. The van der Waals surface area contributed by atoms with Gasteiger partial charge in [0.1, 0.15) is 12.3 Å². The number of fused-ring (bicyclic) bond motifs is 1. The summed E-state index contributed by atoms with van der Waals surface area (Å²) in [7, 11) is 2.18. The van der Waals surface area contributed by atoms with Gasteiger partial charge in [-0.15, -0.1) is 0 Å². The molecule has 0 spiro atoms. The SMILES string of the molecule is CN1CCN(CC#CCOC2CCN(Cc3cn4ccccc4n3)CC2)CC1. The highest BCUT2D eigenvalue weighted by Crippen LogP contribution is 2.16. The van der Waals surface area contributed by atoms with Crippen LogP contribution in [-0.4, -0.2) is 89.7 Å². The third-order valence-electron chi connectivity index (χ3n) is 5.75. The molecular weight excluding hydrogens is 350 g/mol. The molecule has 150 valence electrons. The smallest absolute Gasteiger partial charge is 0.137 e. The van der Waals surface area contributed by atoms with Gasteiger partial charge in [0.25, 0.3) is 0 Å². The predicted molar refractivity (Wildman–Crippen MR) is 111 cm³/mol. The summed E-state index contributed by atoms with van der Waals surface area (Å²) in [6.07, 6.45) is 6.68. The molecule has 2 fully saturated rings. The molecule has 2 aromatic rings. The van der Waals surface area contributed by atoms with Gasteiger partial charge in [0, 0.05) is 58.2 Å². The van der Waals surface area contributed by atoms with Crippen molar-refractivity contribution >= 4 is 5.65 Å². The fourth-order valence-electron chi connectivity index (χ4n) is 3.91. The van der Waals surface area contributed by atoms with Crippen molar-refractivity contribution in [2.75, 3.05) is 59.5 Å². The van der Waals surface area contributed by atoms with Crippen LogP contribution in [0, 0.1) is 11.8 Å². The van der Waals surface area contributed by atoms with Crippen LogP contribution in [0.3, 0.4) is 0 Å². The van der Waals surface area contributed by atoms with Crippen molar-refractivity contribution in [2.24, 2.45) is 0 Å². The fraction of sp³-hybridized carbons (Fsp3) is 0.591. The molecule has 6 nitrogen and oxygen atoms in total. The Morgan fingerprint density at radius 3 is 2.64 bits per heavy atom. The monoisotopic (exact) mass is 381 g/mol. The normalized spacial score (nSPS) is 20.3. The molecule has 0 bridgehead atoms. The van der Waals surface area contributed by atoms with Crippen molar-refractivity contribution in [3.05, 3.63) is 36.3 Å². The molecule has 4 rings (SSSR count). The zero-order chi connectivity index (χ0) is 19.2. The van der Waals surface area contributed by atoms with Gasteiger partial charge in [0.2, 0.25) is 0 Å². The molecule has 0 amide bonds. The van der Waals surface area contributed by atoms with E-state index in [1.807, 2.05) is 18.2 Å². The highest BCUT2D eigenvalue weighted by atomic mass is 16.5. The standard InChI is InChI=1S/C22H31N5O/c1-24-13-15-25(16-14-24)9-4-5-17-28-21-7-11-26(12-8-21)18-20-19-27-10-3-2-6-22(27)23-20/h2-3,6,10,19,21H,7-9,11-18H2,1H3. The van der Waals surface area contributed by atoms with E-state index in [1.165, 1.54) is 0 Å². The average molecular weight is 382 g/mol. The van der Waals surface area contributed by atoms with Gasteiger partial charge < -0.3 is 14.0 Å². The van der Waals surface area contributed by atoms with Crippen molar-refractivity contribution in [3.63, 3.8) is 0 Å². The summed E-state index contributed by atoms with van der Waals surface area (Å²) in [5, 5.41) is 0. The minimum absolute atomic E-state index is 0.343.